The van der Waals surface area contributed by atoms with Crippen molar-refractivity contribution in [2.75, 3.05) is 33.8 Å². The third kappa shape index (κ3) is 6.98. The highest BCUT2D eigenvalue weighted by Crippen LogP contribution is 2.25. The fourth-order valence-electron chi connectivity index (χ4n) is 3.52. The molecule has 2 N–H and O–H groups in total. The van der Waals surface area contributed by atoms with Gasteiger partial charge in [-0.25, -0.2) is 0 Å². The summed E-state index contributed by atoms with van der Waals surface area (Å²) in [5.74, 6) is 1.24. The Morgan fingerprint density at radius 2 is 1.93 bits per heavy atom. The Bertz CT molecular complexity index is 705. The summed E-state index contributed by atoms with van der Waals surface area (Å²) in [7, 11) is 3.19. The molecule has 1 saturated heterocycles. The number of methoxy groups -OCH3 is 1. The summed E-state index contributed by atoms with van der Waals surface area (Å²) in [6, 6.07) is 4.72. The van der Waals surface area contributed by atoms with Gasteiger partial charge in [0.2, 0.25) is 0 Å². The van der Waals surface area contributed by atoms with E-state index in [9.17, 15) is 8.78 Å². The number of halogens is 2. The summed E-state index contributed by atoms with van der Waals surface area (Å²) in [6.45, 7) is 8.26. The Hall–Kier alpha value is -2.13. The lowest BCUT2D eigenvalue weighted by molar-refractivity contribution is -0.0946. The Balaban J connectivity index is 1.98. The molecule has 170 valence electrons. The molecule has 1 aliphatic rings. The fraction of sp³-hybridized carbons (Fsp3) is 0.667. The lowest BCUT2D eigenvalue weighted by Crippen LogP contribution is -2.59. The van der Waals surface area contributed by atoms with Crippen LogP contribution in [0.3, 0.4) is 0 Å². The molecule has 1 aromatic carbocycles. The first-order valence-electron chi connectivity index (χ1n) is 10.1. The molecule has 1 heterocycles. The average molecular weight is 429 g/mol. The van der Waals surface area contributed by atoms with Crippen LogP contribution in [0.2, 0.25) is 0 Å². The van der Waals surface area contributed by atoms with Crippen LogP contribution in [0.15, 0.2) is 23.2 Å². The molecule has 9 heteroatoms. The normalized spacial score (nSPS) is 20.9. The highest BCUT2D eigenvalue weighted by Gasteiger charge is 2.33. The van der Waals surface area contributed by atoms with Gasteiger partial charge in [-0.1, -0.05) is 0 Å². The number of benzene rings is 1. The number of guanidine groups is 1. The van der Waals surface area contributed by atoms with Crippen LogP contribution in [-0.4, -0.2) is 69.0 Å². The summed E-state index contributed by atoms with van der Waals surface area (Å²) in [5, 5.41) is 6.49. The summed E-state index contributed by atoms with van der Waals surface area (Å²) >= 11 is 0. The van der Waals surface area contributed by atoms with Crippen molar-refractivity contribution in [2.24, 2.45) is 4.99 Å². The Morgan fingerprint density at radius 1 is 1.27 bits per heavy atom. The van der Waals surface area contributed by atoms with Crippen LogP contribution in [0, 0.1) is 0 Å². The van der Waals surface area contributed by atoms with Gasteiger partial charge in [0.25, 0.3) is 0 Å². The van der Waals surface area contributed by atoms with Gasteiger partial charge in [-0.3, -0.25) is 9.89 Å². The van der Waals surface area contributed by atoms with Gasteiger partial charge in [0.15, 0.2) is 5.96 Å². The number of nitrogens with zero attached hydrogens (tertiary/aromatic N) is 2. The first-order valence-corrected chi connectivity index (χ1v) is 10.1. The molecule has 7 nitrogen and oxygen atoms in total. The molecule has 0 spiro atoms. The van der Waals surface area contributed by atoms with Crippen LogP contribution in [0.1, 0.15) is 33.3 Å². The van der Waals surface area contributed by atoms with E-state index in [-0.39, 0.29) is 30.0 Å². The number of nitrogens with one attached hydrogen (secondary N) is 2. The van der Waals surface area contributed by atoms with Crippen molar-refractivity contribution in [3.8, 4) is 11.5 Å². The second-order valence-electron chi connectivity index (χ2n) is 8.11. The number of aliphatic imine (C=N–C) groups is 1. The Morgan fingerprint density at radius 3 is 2.50 bits per heavy atom. The minimum Gasteiger partial charge on any atom is -0.497 e. The van der Waals surface area contributed by atoms with E-state index >= 15 is 0 Å². The molecule has 2 atom stereocenters. The fourth-order valence-corrected chi connectivity index (χ4v) is 3.52. The van der Waals surface area contributed by atoms with E-state index in [0.29, 0.717) is 23.8 Å². The Labute approximate surface area is 177 Å². The predicted octanol–water partition coefficient (Wildman–Crippen LogP) is 2.85. The molecular weight excluding hydrogens is 394 g/mol. The number of ether oxygens (including phenoxy) is 3. The molecule has 1 fully saturated rings. The van der Waals surface area contributed by atoms with E-state index in [1.165, 1.54) is 13.2 Å². The maximum absolute atomic E-state index is 12.7. The van der Waals surface area contributed by atoms with Gasteiger partial charge in [-0.15, -0.1) is 0 Å². The number of rotatable bonds is 8. The van der Waals surface area contributed by atoms with E-state index in [0.717, 1.165) is 13.1 Å². The van der Waals surface area contributed by atoms with Crippen molar-refractivity contribution in [1.29, 1.82) is 0 Å². The number of alkyl halides is 2. The number of morpholine rings is 1. The van der Waals surface area contributed by atoms with Crippen molar-refractivity contribution in [3.05, 3.63) is 23.8 Å². The van der Waals surface area contributed by atoms with Crippen LogP contribution in [0.5, 0.6) is 11.5 Å². The monoisotopic (exact) mass is 428 g/mol. The second-order valence-corrected chi connectivity index (χ2v) is 8.11. The van der Waals surface area contributed by atoms with Gasteiger partial charge in [0.05, 0.1) is 19.3 Å². The zero-order valence-electron chi connectivity index (χ0n) is 18.7. The smallest absolute Gasteiger partial charge is 0.387 e. The minimum atomic E-state index is -2.89. The molecule has 0 aliphatic carbocycles. The van der Waals surface area contributed by atoms with Crippen LogP contribution in [0.4, 0.5) is 8.78 Å². The molecule has 2 rings (SSSR count). The molecule has 0 saturated carbocycles. The second kappa shape index (κ2) is 10.8. The van der Waals surface area contributed by atoms with Crippen LogP contribution >= 0.6 is 0 Å². The van der Waals surface area contributed by atoms with Crippen LogP contribution < -0.4 is 20.1 Å². The number of hydrogen-bond donors (Lipinski definition) is 2. The van der Waals surface area contributed by atoms with Gasteiger partial charge in [-0.05, 0) is 45.9 Å². The van der Waals surface area contributed by atoms with E-state index < -0.39 is 6.61 Å². The summed E-state index contributed by atoms with van der Waals surface area (Å²) in [5.41, 5.74) is 0.428. The predicted molar refractivity (Wildman–Crippen MR) is 113 cm³/mol. The van der Waals surface area contributed by atoms with Crippen molar-refractivity contribution in [3.63, 3.8) is 0 Å². The first-order chi connectivity index (χ1) is 14.1. The van der Waals surface area contributed by atoms with Gasteiger partial charge < -0.3 is 24.8 Å². The lowest BCUT2D eigenvalue weighted by atomic mass is 10.00. The number of hydrogen-bond acceptors (Lipinski definition) is 5. The van der Waals surface area contributed by atoms with Gasteiger partial charge in [-0.2, -0.15) is 8.78 Å². The zero-order chi connectivity index (χ0) is 22.3. The SMILES string of the molecule is CN=C(NCc1cc(OC)ccc1OC(F)F)NCC(C)(C)N1CC(C)OC(C)C1. The van der Waals surface area contributed by atoms with Crippen molar-refractivity contribution < 1.29 is 23.0 Å². The van der Waals surface area contributed by atoms with Crippen LogP contribution in [-0.2, 0) is 11.3 Å². The third-order valence-corrected chi connectivity index (χ3v) is 5.12. The lowest BCUT2D eigenvalue weighted by Gasteiger charge is -2.45. The Kier molecular flexibility index (Phi) is 8.66. The summed E-state index contributed by atoms with van der Waals surface area (Å²) in [6.07, 6.45) is 0.374. The molecule has 1 aliphatic heterocycles. The zero-order valence-corrected chi connectivity index (χ0v) is 18.7. The highest BCUT2D eigenvalue weighted by molar-refractivity contribution is 5.79. The van der Waals surface area contributed by atoms with Crippen molar-refractivity contribution in [1.82, 2.24) is 15.5 Å². The molecule has 0 aromatic heterocycles. The molecular formula is C21H34F2N4O3. The molecule has 0 bridgehead atoms. The molecule has 0 radical (unpaired) electrons. The molecule has 1 aromatic rings. The highest BCUT2D eigenvalue weighted by atomic mass is 19.3. The van der Waals surface area contributed by atoms with Gasteiger partial charge >= 0.3 is 6.61 Å². The quantitative estimate of drug-likeness (QED) is 0.490. The topological polar surface area (TPSA) is 67.4 Å². The van der Waals surface area contributed by atoms with E-state index in [1.54, 1.807) is 19.2 Å². The van der Waals surface area contributed by atoms with E-state index in [1.807, 2.05) is 0 Å². The summed E-state index contributed by atoms with van der Waals surface area (Å²) < 4.78 is 41.1. The maximum Gasteiger partial charge on any atom is 0.387 e. The van der Waals surface area contributed by atoms with E-state index in [2.05, 4.69) is 53.0 Å². The third-order valence-electron chi connectivity index (χ3n) is 5.12. The molecule has 2 unspecified atom stereocenters. The largest absolute Gasteiger partial charge is 0.497 e. The maximum atomic E-state index is 12.7. The van der Waals surface area contributed by atoms with Gasteiger partial charge in [0, 0.05) is 44.3 Å². The molecule has 0 amide bonds. The minimum absolute atomic E-state index is 0.102. The first kappa shape index (κ1) is 24.1. The standard InChI is InChI=1S/C21H34F2N4O3/c1-14-11-27(12-15(2)29-14)21(3,4)13-26-20(24-5)25-10-16-9-17(28-6)7-8-18(16)30-19(22)23/h7-9,14-15,19H,10-13H2,1-6H3,(H2,24,25,26). The van der Waals surface area contributed by atoms with E-state index in [4.69, 9.17) is 9.47 Å². The van der Waals surface area contributed by atoms with Crippen LogP contribution in [0.25, 0.3) is 0 Å². The van der Waals surface area contributed by atoms with Crippen molar-refractivity contribution >= 4 is 5.96 Å². The van der Waals surface area contributed by atoms with Gasteiger partial charge in [0.1, 0.15) is 11.5 Å². The summed E-state index contributed by atoms with van der Waals surface area (Å²) in [4.78, 5) is 6.65. The average Bonchev–Trinajstić information content (AvgIpc) is 2.68. The van der Waals surface area contributed by atoms with Crippen molar-refractivity contribution in [2.45, 2.75) is 58.6 Å². The molecule has 30 heavy (non-hydrogen) atoms.